The Balaban J connectivity index is 2.00. The van der Waals surface area contributed by atoms with Gasteiger partial charge in [0.05, 0.1) is 6.04 Å². The van der Waals surface area contributed by atoms with Crippen molar-refractivity contribution in [2.24, 2.45) is 0 Å². The molecule has 0 aromatic heterocycles. The van der Waals surface area contributed by atoms with Crippen LogP contribution in [-0.2, 0) is 4.79 Å². The number of aryl methyl sites for hydroxylation is 3. The van der Waals surface area contributed by atoms with Gasteiger partial charge in [0, 0.05) is 6.08 Å². The lowest BCUT2D eigenvalue weighted by atomic mass is 10.0. The average Bonchev–Trinajstić information content (AvgIpc) is 2.46. The minimum atomic E-state index is -0.0759. The SMILES string of the molecule is Cc1ccc(/C=C/C(=O)N[C@@H](C)c2ccc(C)cc2C)cc1. The molecule has 1 atom stereocenters. The molecule has 0 radical (unpaired) electrons. The number of amides is 1. The Labute approximate surface area is 132 Å². The van der Waals surface area contributed by atoms with E-state index < -0.39 is 0 Å². The van der Waals surface area contributed by atoms with E-state index in [2.05, 4.69) is 37.4 Å². The van der Waals surface area contributed by atoms with Crippen LogP contribution < -0.4 is 5.32 Å². The Morgan fingerprint density at radius 3 is 2.27 bits per heavy atom. The summed E-state index contributed by atoms with van der Waals surface area (Å²) in [5.41, 5.74) is 5.84. The molecule has 2 aromatic carbocycles. The first-order valence-corrected chi connectivity index (χ1v) is 7.58. The molecule has 0 saturated heterocycles. The lowest BCUT2D eigenvalue weighted by molar-refractivity contribution is -0.117. The molecule has 1 amide bonds. The molecule has 1 N–H and O–H groups in total. The highest BCUT2D eigenvalue weighted by Crippen LogP contribution is 2.18. The van der Waals surface area contributed by atoms with Crippen LogP contribution >= 0.6 is 0 Å². The first-order valence-electron chi connectivity index (χ1n) is 7.58. The maximum atomic E-state index is 12.0. The molecular weight excluding hydrogens is 270 g/mol. The van der Waals surface area contributed by atoms with Gasteiger partial charge in [-0.1, -0.05) is 53.6 Å². The van der Waals surface area contributed by atoms with E-state index in [0.717, 1.165) is 11.1 Å². The van der Waals surface area contributed by atoms with E-state index in [4.69, 9.17) is 0 Å². The topological polar surface area (TPSA) is 29.1 Å². The van der Waals surface area contributed by atoms with Gasteiger partial charge in [0.25, 0.3) is 0 Å². The van der Waals surface area contributed by atoms with Crippen molar-refractivity contribution in [2.45, 2.75) is 33.7 Å². The van der Waals surface area contributed by atoms with Crippen LogP contribution in [0.15, 0.2) is 48.5 Å². The summed E-state index contributed by atoms with van der Waals surface area (Å²) in [7, 11) is 0. The molecule has 2 nitrogen and oxygen atoms in total. The minimum Gasteiger partial charge on any atom is -0.346 e. The normalized spacial score (nSPS) is 12.4. The summed E-state index contributed by atoms with van der Waals surface area (Å²) in [4.78, 5) is 12.0. The summed E-state index contributed by atoms with van der Waals surface area (Å²) in [6, 6.07) is 14.4. The molecule has 0 bridgehead atoms. The number of carbonyl (C=O) groups excluding carboxylic acids is 1. The first-order chi connectivity index (χ1) is 10.5. The van der Waals surface area contributed by atoms with Gasteiger partial charge in [-0.3, -0.25) is 4.79 Å². The van der Waals surface area contributed by atoms with Crippen molar-refractivity contribution >= 4 is 12.0 Å². The van der Waals surface area contributed by atoms with Gasteiger partial charge >= 0.3 is 0 Å². The predicted octanol–water partition coefficient (Wildman–Crippen LogP) is 4.50. The van der Waals surface area contributed by atoms with Crippen LogP contribution in [-0.4, -0.2) is 5.91 Å². The fourth-order valence-corrected chi connectivity index (χ4v) is 2.50. The number of nitrogens with one attached hydrogen (secondary N) is 1. The molecule has 2 rings (SSSR count). The zero-order valence-corrected chi connectivity index (χ0v) is 13.7. The van der Waals surface area contributed by atoms with E-state index >= 15 is 0 Å². The molecule has 0 fully saturated rings. The largest absolute Gasteiger partial charge is 0.346 e. The molecule has 22 heavy (non-hydrogen) atoms. The summed E-state index contributed by atoms with van der Waals surface area (Å²) in [6.07, 6.45) is 3.42. The Kier molecular flexibility index (Phi) is 5.16. The monoisotopic (exact) mass is 293 g/mol. The van der Waals surface area contributed by atoms with Crippen molar-refractivity contribution in [1.29, 1.82) is 0 Å². The molecule has 0 aliphatic carbocycles. The van der Waals surface area contributed by atoms with Crippen LogP contribution in [0.1, 0.15) is 40.8 Å². The van der Waals surface area contributed by atoms with Gasteiger partial charge in [-0.15, -0.1) is 0 Å². The fraction of sp³-hybridized carbons (Fsp3) is 0.250. The molecule has 0 aliphatic rings. The zero-order chi connectivity index (χ0) is 16.1. The van der Waals surface area contributed by atoms with Crippen molar-refractivity contribution in [2.75, 3.05) is 0 Å². The molecule has 0 unspecified atom stereocenters. The maximum Gasteiger partial charge on any atom is 0.244 e. The quantitative estimate of drug-likeness (QED) is 0.826. The highest BCUT2D eigenvalue weighted by Gasteiger charge is 2.09. The van der Waals surface area contributed by atoms with E-state index in [1.807, 2.05) is 44.2 Å². The zero-order valence-electron chi connectivity index (χ0n) is 13.7. The Bertz CT molecular complexity index is 683. The van der Waals surface area contributed by atoms with Crippen LogP contribution in [0.25, 0.3) is 6.08 Å². The highest BCUT2D eigenvalue weighted by molar-refractivity contribution is 5.92. The second-order valence-corrected chi connectivity index (χ2v) is 5.83. The van der Waals surface area contributed by atoms with Crippen molar-refractivity contribution in [3.63, 3.8) is 0 Å². The number of hydrogen-bond acceptors (Lipinski definition) is 1. The predicted molar refractivity (Wildman–Crippen MR) is 92.7 cm³/mol. The van der Waals surface area contributed by atoms with Gasteiger partial charge in [0.1, 0.15) is 0 Å². The van der Waals surface area contributed by atoms with Gasteiger partial charge in [0.2, 0.25) is 5.91 Å². The average molecular weight is 293 g/mol. The third-order valence-electron chi connectivity index (χ3n) is 3.76. The third-order valence-corrected chi connectivity index (χ3v) is 3.76. The molecule has 0 aliphatic heterocycles. The summed E-state index contributed by atoms with van der Waals surface area (Å²) in [5, 5.41) is 3.01. The number of carbonyl (C=O) groups is 1. The summed E-state index contributed by atoms with van der Waals surface area (Å²) < 4.78 is 0. The van der Waals surface area contributed by atoms with Gasteiger partial charge in [0.15, 0.2) is 0 Å². The standard InChI is InChI=1S/C20H23NO/c1-14-5-8-18(9-6-14)10-12-20(22)21-17(4)19-11-7-15(2)13-16(19)3/h5-13,17H,1-4H3,(H,21,22)/b12-10+/t17-/m0/s1. The maximum absolute atomic E-state index is 12.0. The number of rotatable bonds is 4. The lowest BCUT2D eigenvalue weighted by Crippen LogP contribution is -2.25. The van der Waals surface area contributed by atoms with E-state index in [0.29, 0.717) is 0 Å². The number of hydrogen-bond donors (Lipinski definition) is 1. The second kappa shape index (κ2) is 7.08. The van der Waals surface area contributed by atoms with E-state index in [-0.39, 0.29) is 11.9 Å². The minimum absolute atomic E-state index is 0.00392. The van der Waals surface area contributed by atoms with Crippen LogP contribution in [0.2, 0.25) is 0 Å². The van der Waals surface area contributed by atoms with Crippen LogP contribution in [0.3, 0.4) is 0 Å². The lowest BCUT2D eigenvalue weighted by Gasteiger charge is -2.16. The van der Waals surface area contributed by atoms with Gasteiger partial charge in [-0.05, 0) is 50.5 Å². The van der Waals surface area contributed by atoms with Crippen LogP contribution in [0.5, 0.6) is 0 Å². The van der Waals surface area contributed by atoms with Gasteiger partial charge in [-0.25, -0.2) is 0 Å². The molecule has 114 valence electrons. The Hall–Kier alpha value is -2.35. The summed E-state index contributed by atoms with van der Waals surface area (Å²) in [6.45, 7) is 8.21. The first kappa shape index (κ1) is 16.0. The molecule has 0 heterocycles. The third kappa shape index (κ3) is 4.32. The van der Waals surface area contributed by atoms with E-state index in [1.165, 1.54) is 16.7 Å². The van der Waals surface area contributed by atoms with Gasteiger partial charge < -0.3 is 5.32 Å². The van der Waals surface area contributed by atoms with E-state index in [1.54, 1.807) is 6.08 Å². The van der Waals surface area contributed by atoms with Crippen molar-refractivity contribution in [3.05, 3.63) is 76.4 Å². The fourth-order valence-electron chi connectivity index (χ4n) is 2.50. The molecule has 0 spiro atoms. The van der Waals surface area contributed by atoms with Crippen molar-refractivity contribution in [3.8, 4) is 0 Å². The van der Waals surface area contributed by atoms with Crippen LogP contribution in [0, 0.1) is 20.8 Å². The van der Waals surface area contributed by atoms with Gasteiger partial charge in [-0.2, -0.15) is 0 Å². The molecule has 0 saturated carbocycles. The van der Waals surface area contributed by atoms with Crippen molar-refractivity contribution in [1.82, 2.24) is 5.32 Å². The molecular formula is C20H23NO. The smallest absolute Gasteiger partial charge is 0.244 e. The highest BCUT2D eigenvalue weighted by atomic mass is 16.1. The summed E-state index contributed by atoms with van der Waals surface area (Å²) >= 11 is 0. The van der Waals surface area contributed by atoms with Crippen molar-refractivity contribution < 1.29 is 4.79 Å². The summed E-state index contributed by atoms with van der Waals surface area (Å²) in [5.74, 6) is -0.0759. The number of benzene rings is 2. The Morgan fingerprint density at radius 1 is 1.00 bits per heavy atom. The van der Waals surface area contributed by atoms with Crippen LogP contribution in [0.4, 0.5) is 0 Å². The Morgan fingerprint density at radius 2 is 1.64 bits per heavy atom. The molecule has 2 aromatic rings. The second-order valence-electron chi connectivity index (χ2n) is 5.83. The van der Waals surface area contributed by atoms with E-state index in [9.17, 15) is 4.79 Å². The molecule has 2 heteroatoms.